The molecule has 3 unspecified atom stereocenters. The predicted octanol–water partition coefficient (Wildman–Crippen LogP) is 4.32. The molecule has 2 fully saturated rings. The van der Waals surface area contributed by atoms with Crippen molar-refractivity contribution in [3.8, 4) is 0 Å². The van der Waals surface area contributed by atoms with E-state index in [-0.39, 0.29) is 0 Å². The molecule has 1 nitrogen and oxygen atoms in total. The molecule has 0 heterocycles. The van der Waals surface area contributed by atoms with Crippen LogP contribution in [0.2, 0.25) is 0 Å². The molecule has 0 spiro atoms. The van der Waals surface area contributed by atoms with Gasteiger partial charge >= 0.3 is 0 Å². The molecule has 2 heteroatoms. The van der Waals surface area contributed by atoms with E-state index >= 15 is 0 Å². The molecule has 3 atom stereocenters. The molecule has 0 N–H and O–H groups in total. The van der Waals surface area contributed by atoms with Gasteiger partial charge in [-0.1, -0.05) is 26.7 Å². The van der Waals surface area contributed by atoms with E-state index in [0.29, 0.717) is 11.5 Å². The molecule has 2 saturated carbocycles. The largest absolute Gasteiger partial charge is 0.378 e. The third-order valence-corrected chi connectivity index (χ3v) is 5.85. The summed E-state index contributed by atoms with van der Waals surface area (Å²) in [5.74, 6) is 2.73. The first kappa shape index (κ1) is 13.7. The molecule has 0 aromatic rings. The van der Waals surface area contributed by atoms with Crippen LogP contribution >= 0.6 is 12.6 Å². The van der Waals surface area contributed by atoms with Gasteiger partial charge < -0.3 is 4.74 Å². The van der Waals surface area contributed by atoms with Crippen LogP contribution in [0.15, 0.2) is 0 Å². The third-order valence-electron chi connectivity index (χ3n) is 5.17. The summed E-state index contributed by atoms with van der Waals surface area (Å²) >= 11 is 4.55. The van der Waals surface area contributed by atoms with Crippen LogP contribution in [0, 0.1) is 17.3 Å². The Morgan fingerprint density at radius 3 is 2.41 bits per heavy atom. The Bertz CT molecular complexity index is 235. The van der Waals surface area contributed by atoms with Crippen molar-refractivity contribution in [3.05, 3.63) is 0 Å². The normalized spacial score (nSPS) is 37.2. The molecule has 2 aliphatic rings. The monoisotopic (exact) mass is 256 g/mol. The molecule has 0 aliphatic heterocycles. The second-order valence-corrected chi connectivity index (χ2v) is 6.88. The maximum absolute atomic E-state index is 6.23. The molecule has 0 bridgehead atoms. The van der Waals surface area contributed by atoms with Gasteiger partial charge in [0.15, 0.2) is 0 Å². The molecular weight excluding hydrogens is 228 g/mol. The number of hydrogen-bond donors (Lipinski definition) is 1. The first-order chi connectivity index (χ1) is 8.15. The van der Waals surface area contributed by atoms with Crippen molar-refractivity contribution in [1.82, 2.24) is 0 Å². The number of thiol groups is 1. The van der Waals surface area contributed by atoms with Crippen molar-refractivity contribution in [1.29, 1.82) is 0 Å². The standard InChI is InChI=1S/C15H28OS/c1-12-5-6-14(9-13(12)2)16-10-15(11-17)7-3-4-8-15/h12-14,17H,3-11H2,1-2H3. The fraction of sp³-hybridized carbons (Fsp3) is 1.00. The van der Waals surface area contributed by atoms with E-state index in [0.717, 1.165) is 24.2 Å². The lowest BCUT2D eigenvalue weighted by Crippen LogP contribution is -2.32. The molecule has 0 aromatic heterocycles. The molecular formula is C15H28OS. The second-order valence-electron chi connectivity index (χ2n) is 6.57. The summed E-state index contributed by atoms with van der Waals surface area (Å²) < 4.78 is 6.23. The molecule has 100 valence electrons. The maximum Gasteiger partial charge on any atom is 0.0578 e. The average Bonchev–Trinajstić information content (AvgIpc) is 2.80. The van der Waals surface area contributed by atoms with Gasteiger partial charge in [0.2, 0.25) is 0 Å². The zero-order chi connectivity index (χ0) is 12.3. The van der Waals surface area contributed by atoms with Crippen molar-refractivity contribution in [2.24, 2.45) is 17.3 Å². The fourth-order valence-electron chi connectivity index (χ4n) is 3.42. The summed E-state index contributed by atoms with van der Waals surface area (Å²) in [7, 11) is 0. The van der Waals surface area contributed by atoms with E-state index in [9.17, 15) is 0 Å². The smallest absolute Gasteiger partial charge is 0.0578 e. The van der Waals surface area contributed by atoms with Gasteiger partial charge in [0.25, 0.3) is 0 Å². The first-order valence-electron chi connectivity index (χ1n) is 7.38. The van der Waals surface area contributed by atoms with Crippen molar-refractivity contribution in [2.75, 3.05) is 12.4 Å². The quantitative estimate of drug-likeness (QED) is 0.737. The molecule has 2 aliphatic carbocycles. The lowest BCUT2D eigenvalue weighted by Gasteiger charge is -2.35. The molecule has 2 rings (SSSR count). The van der Waals surface area contributed by atoms with Gasteiger partial charge in [0.05, 0.1) is 12.7 Å². The van der Waals surface area contributed by atoms with Crippen LogP contribution in [0.5, 0.6) is 0 Å². The summed E-state index contributed by atoms with van der Waals surface area (Å²) in [5.41, 5.74) is 0.412. The summed E-state index contributed by atoms with van der Waals surface area (Å²) in [5, 5.41) is 0. The highest BCUT2D eigenvalue weighted by Gasteiger charge is 2.34. The van der Waals surface area contributed by atoms with Gasteiger partial charge in [0, 0.05) is 5.41 Å². The minimum Gasteiger partial charge on any atom is -0.378 e. The second kappa shape index (κ2) is 5.97. The van der Waals surface area contributed by atoms with Crippen molar-refractivity contribution < 1.29 is 4.74 Å². The van der Waals surface area contributed by atoms with Gasteiger partial charge in [-0.05, 0) is 49.7 Å². The fourth-order valence-corrected chi connectivity index (χ4v) is 3.82. The van der Waals surface area contributed by atoms with Gasteiger partial charge in [-0.3, -0.25) is 0 Å². The van der Waals surface area contributed by atoms with Crippen molar-refractivity contribution in [3.63, 3.8) is 0 Å². The van der Waals surface area contributed by atoms with Crippen LogP contribution in [0.4, 0.5) is 0 Å². The Kier molecular flexibility index (Phi) is 4.82. The zero-order valence-electron chi connectivity index (χ0n) is 11.5. The van der Waals surface area contributed by atoms with Crippen LogP contribution in [-0.4, -0.2) is 18.5 Å². The van der Waals surface area contributed by atoms with E-state index in [2.05, 4.69) is 26.5 Å². The van der Waals surface area contributed by atoms with Crippen molar-refractivity contribution >= 4 is 12.6 Å². The topological polar surface area (TPSA) is 9.23 Å². The SMILES string of the molecule is CC1CCC(OCC2(CS)CCCC2)CC1C. The van der Waals surface area contributed by atoms with Gasteiger partial charge in [0.1, 0.15) is 0 Å². The van der Waals surface area contributed by atoms with E-state index in [1.165, 1.54) is 44.9 Å². The van der Waals surface area contributed by atoms with Gasteiger partial charge in [-0.15, -0.1) is 0 Å². The number of ether oxygens (including phenoxy) is 1. The van der Waals surface area contributed by atoms with Crippen LogP contribution in [0.25, 0.3) is 0 Å². The molecule has 0 amide bonds. The number of rotatable bonds is 4. The van der Waals surface area contributed by atoms with E-state index in [1.807, 2.05) is 0 Å². The Labute approximate surface area is 112 Å². The molecule has 17 heavy (non-hydrogen) atoms. The average molecular weight is 256 g/mol. The summed E-state index contributed by atoms with van der Waals surface area (Å²) in [4.78, 5) is 0. The highest BCUT2D eigenvalue weighted by Crippen LogP contribution is 2.40. The summed E-state index contributed by atoms with van der Waals surface area (Å²) in [6.07, 6.45) is 9.82. The molecule has 0 radical (unpaired) electrons. The predicted molar refractivity (Wildman–Crippen MR) is 76.7 cm³/mol. The third kappa shape index (κ3) is 3.41. The van der Waals surface area contributed by atoms with Crippen LogP contribution < -0.4 is 0 Å². The Morgan fingerprint density at radius 2 is 1.82 bits per heavy atom. The highest BCUT2D eigenvalue weighted by atomic mass is 32.1. The van der Waals surface area contributed by atoms with E-state index in [1.54, 1.807) is 0 Å². The minimum atomic E-state index is 0.412. The Balaban J connectivity index is 1.78. The molecule has 0 saturated heterocycles. The first-order valence-corrected chi connectivity index (χ1v) is 8.01. The Morgan fingerprint density at radius 1 is 1.12 bits per heavy atom. The summed E-state index contributed by atoms with van der Waals surface area (Å²) in [6, 6.07) is 0. The lowest BCUT2D eigenvalue weighted by atomic mass is 9.80. The van der Waals surface area contributed by atoms with Crippen LogP contribution in [0.3, 0.4) is 0 Å². The van der Waals surface area contributed by atoms with Crippen molar-refractivity contribution in [2.45, 2.75) is 64.9 Å². The lowest BCUT2D eigenvalue weighted by molar-refractivity contribution is -0.0341. The Hall–Kier alpha value is 0.310. The van der Waals surface area contributed by atoms with Gasteiger partial charge in [-0.2, -0.15) is 12.6 Å². The maximum atomic E-state index is 6.23. The zero-order valence-corrected chi connectivity index (χ0v) is 12.3. The molecule has 0 aromatic carbocycles. The van der Waals surface area contributed by atoms with Crippen LogP contribution in [-0.2, 0) is 4.74 Å². The summed E-state index contributed by atoms with van der Waals surface area (Å²) in [6.45, 7) is 5.72. The number of hydrogen-bond acceptors (Lipinski definition) is 2. The minimum absolute atomic E-state index is 0.412. The van der Waals surface area contributed by atoms with E-state index < -0.39 is 0 Å². The van der Waals surface area contributed by atoms with Crippen LogP contribution in [0.1, 0.15) is 58.8 Å². The highest BCUT2D eigenvalue weighted by molar-refractivity contribution is 7.80. The van der Waals surface area contributed by atoms with E-state index in [4.69, 9.17) is 4.74 Å². The van der Waals surface area contributed by atoms with Gasteiger partial charge in [-0.25, -0.2) is 0 Å².